The van der Waals surface area contributed by atoms with Crippen molar-refractivity contribution in [1.29, 1.82) is 0 Å². The van der Waals surface area contributed by atoms with Gasteiger partial charge < -0.3 is 9.64 Å². The first-order valence-electron chi connectivity index (χ1n) is 10.9. The van der Waals surface area contributed by atoms with Gasteiger partial charge in [0.25, 0.3) is 5.91 Å². The molecule has 0 bridgehead atoms. The van der Waals surface area contributed by atoms with E-state index in [1.807, 2.05) is 4.90 Å². The van der Waals surface area contributed by atoms with Gasteiger partial charge >= 0.3 is 0 Å². The summed E-state index contributed by atoms with van der Waals surface area (Å²) in [5, 5.41) is 6.71. The Morgan fingerprint density at radius 3 is 2.76 bits per heavy atom. The molecule has 6 nitrogen and oxygen atoms in total. The number of H-pyrrole nitrogens is 1. The van der Waals surface area contributed by atoms with Gasteiger partial charge in [0, 0.05) is 32.4 Å². The first-order valence-corrected chi connectivity index (χ1v) is 10.9. The van der Waals surface area contributed by atoms with Gasteiger partial charge in [0.15, 0.2) is 0 Å². The molecule has 3 heterocycles. The molecule has 2 fully saturated rings. The van der Waals surface area contributed by atoms with Crippen molar-refractivity contribution >= 4 is 5.91 Å². The minimum atomic E-state index is 0.0663. The smallest absolute Gasteiger partial charge is 0.257 e. The maximum Gasteiger partial charge on any atom is 0.257 e. The Morgan fingerprint density at radius 1 is 1.24 bits per heavy atom. The number of amides is 1. The van der Waals surface area contributed by atoms with Gasteiger partial charge in [0.05, 0.1) is 17.9 Å². The first kappa shape index (κ1) is 20.1. The molecule has 0 saturated carbocycles. The lowest BCUT2D eigenvalue weighted by Gasteiger charge is -2.35. The van der Waals surface area contributed by atoms with Gasteiger partial charge in [-0.3, -0.25) is 14.8 Å². The molecule has 1 aromatic carbocycles. The predicted molar refractivity (Wildman–Crippen MR) is 113 cm³/mol. The molecule has 0 spiro atoms. The van der Waals surface area contributed by atoms with Crippen molar-refractivity contribution in [3.8, 4) is 0 Å². The number of ether oxygens (including phenoxy) is 1. The first-order chi connectivity index (χ1) is 14.2. The van der Waals surface area contributed by atoms with Gasteiger partial charge in [-0.2, -0.15) is 5.10 Å². The summed E-state index contributed by atoms with van der Waals surface area (Å²) in [6, 6.07) is 8.64. The number of hydrogen-bond acceptors (Lipinski definition) is 4. The molecule has 1 unspecified atom stereocenters. The summed E-state index contributed by atoms with van der Waals surface area (Å²) in [5.41, 5.74) is 3.42. The number of benzene rings is 1. The second-order valence-corrected chi connectivity index (χ2v) is 8.48. The van der Waals surface area contributed by atoms with Crippen LogP contribution in [0.1, 0.15) is 47.2 Å². The zero-order valence-corrected chi connectivity index (χ0v) is 17.3. The highest BCUT2D eigenvalue weighted by atomic mass is 16.5. The molecule has 0 radical (unpaired) electrons. The van der Waals surface area contributed by atoms with Crippen molar-refractivity contribution < 1.29 is 9.53 Å². The summed E-state index contributed by atoms with van der Waals surface area (Å²) in [6.45, 7) is 7.70. The summed E-state index contributed by atoms with van der Waals surface area (Å²) >= 11 is 0. The minimum absolute atomic E-state index is 0.0663. The van der Waals surface area contributed by atoms with E-state index in [1.54, 1.807) is 12.4 Å². The highest BCUT2D eigenvalue weighted by Gasteiger charge is 2.28. The van der Waals surface area contributed by atoms with E-state index in [2.05, 4.69) is 46.3 Å². The Kier molecular flexibility index (Phi) is 6.62. The Bertz CT molecular complexity index is 778. The van der Waals surface area contributed by atoms with Gasteiger partial charge in [0.1, 0.15) is 0 Å². The summed E-state index contributed by atoms with van der Waals surface area (Å²) in [6.07, 6.45) is 7.89. The minimum Gasteiger partial charge on any atom is -0.376 e. The molecule has 29 heavy (non-hydrogen) atoms. The number of carbonyl (C=O) groups is 1. The van der Waals surface area contributed by atoms with Gasteiger partial charge in [-0.25, -0.2) is 0 Å². The Morgan fingerprint density at radius 2 is 2.07 bits per heavy atom. The molecule has 2 aromatic rings. The lowest BCUT2D eigenvalue weighted by Crippen LogP contribution is -2.43. The van der Waals surface area contributed by atoms with Crippen LogP contribution in [0.3, 0.4) is 0 Å². The van der Waals surface area contributed by atoms with Crippen LogP contribution in [0.4, 0.5) is 0 Å². The van der Waals surface area contributed by atoms with Crippen molar-refractivity contribution in [3.05, 3.63) is 53.3 Å². The molecular formula is C23H32N4O2. The molecule has 1 atom stereocenters. The van der Waals surface area contributed by atoms with E-state index in [9.17, 15) is 4.79 Å². The highest BCUT2D eigenvalue weighted by Crippen LogP contribution is 2.23. The van der Waals surface area contributed by atoms with Crippen molar-refractivity contribution in [2.75, 3.05) is 32.8 Å². The third-order valence-corrected chi connectivity index (χ3v) is 6.32. The predicted octanol–water partition coefficient (Wildman–Crippen LogP) is 3.25. The number of aromatic nitrogens is 2. The number of hydrogen-bond donors (Lipinski definition) is 1. The number of rotatable bonds is 7. The largest absolute Gasteiger partial charge is 0.376 e. The third-order valence-electron chi connectivity index (χ3n) is 6.32. The lowest BCUT2D eigenvalue weighted by molar-refractivity contribution is 0.0444. The van der Waals surface area contributed by atoms with Crippen LogP contribution in [-0.2, 0) is 11.3 Å². The average molecular weight is 397 g/mol. The maximum absolute atomic E-state index is 13.0. The maximum atomic E-state index is 13.0. The fourth-order valence-corrected chi connectivity index (χ4v) is 4.49. The fourth-order valence-electron chi connectivity index (χ4n) is 4.49. The molecule has 1 amide bonds. The normalized spacial score (nSPS) is 20.8. The Labute approximate surface area is 173 Å². The molecule has 2 aliphatic heterocycles. The third kappa shape index (κ3) is 5.25. The molecule has 1 aromatic heterocycles. The van der Waals surface area contributed by atoms with Crippen LogP contribution < -0.4 is 0 Å². The number of aromatic amines is 1. The molecular weight excluding hydrogens is 364 g/mol. The zero-order chi connectivity index (χ0) is 20.1. The number of nitrogens with zero attached hydrogens (tertiary/aromatic N) is 3. The topological polar surface area (TPSA) is 61.5 Å². The Balaban J connectivity index is 1.33. The summed E-state index contributed by atoms with van der Waals surface area (Å²) in [5.74, 6) is 0.608. The average Bonchev–Trinajstić information content (AvgIpc) is 3.44. The van der Waals surface area contributed by atoms with Crippen LogP contribution in [0.2, 0.25) is 0 Å². The quantitative estimate of drug-likeness (QED) is 0.780. The standard InChI is InChI=1S/C23H32N4O2/c1-18-5-2-3-6-20(18)16-26-10-8-19(9-11-26)15-27(17-22-7-4-12-29-22)23(28)21-13-24-25-14-21/h2-3,5-6,13-14,19,22H,4,7-12,15-17H2,1H3,(H,24,25). The van der Waals surface area contributed by atoms with Crippen molar-refractivity contribution in [2.24, 2.45) is 5.92 Å². The van der Waals surface area contributed by atoms with Crippen molar-refractivity contribution in [2.45, 2.75) is 45.3 Å². The van der Waals surface area contributed by atoms with Gasteiger partial charge in [0.2, 0.25) is 0 Å². The van der Waals surface area contributed by atoms with Crippen LogP contribution in [0.15, 0.2) is 36.7 Å². The van der Waals surface area contributed by atoms with Crippen LogP contribution in [0.25, 0.3) is 0 Å². The molecule has 1 N–H and O–H groups in total. The van der Waals surface area contributed by atoms with Gasteiger partial charge in [-0.05, 0) is 62.7 Å². The lowest BCUT2D eigenvalue weighted by atomic mass is 9.95. The second-order valence-electron chi connectivity index (χ2n) is 8.48. The van der Waals surface area contributed by atoms with E-state index in [4.69, 9.17) is 4.74 Å². The van der Waals surface area contributed by atoms with Crippen molar-refractivity contribution in [1.82, 2.24) is 20.0 Å². The number of aryl methyl sites for hydroxylation is 1. The number of likely N-dealkylation sites (tertiary alicyclic amines) is 1. The molecule has 6 heteroatoms. The van der Waals surface area contributed by atoms with Gasteiger partial charge in [-0.1, -0.05) is 24.3 Å². The van der Waals surface area contributed by atoms with Crippen molar-refractivity contribution in [3.63, 3.8) is 0 Å². The molecule has 2 aliphatic rings. The molecule has 156 valence electrons. The SMILES string of the molecule is Cc1ccccc1CN1CCC(CN(CC2CCCO2)C(=O)c2cn[nH]c2)CC1. The number of carbonyl (C=O) groups excluding carboxylic acids is 1. The van der Waals surface area contributed by atoms with E-state index in [-0.39, 0.29) is 12.0 Å². The van der Waals surface area contributed by atoms with E-state index >= 15 is 0 Å². The molecule has 4 rings (SSSR count). The van der Waals surface area contributed by atoms with Crippen LogP contribution >= 0.6 is 0 Å². The zero-order valence-electron chi connectivity index (χ0n) is 17.3. The van der Waals surface area contributed by atoms with Crippen LogP contribution in [0, 0.1) is 12.8 Å². The fraction of sp³-hybridized carbons (Fsp3) is 0.565. The number of piperidine rings is 1. The summed E-state index contributed by atoms with van der Waals surface area (Å²) in [4.78, 5) is 17.6. The molecule has 0 aliphatic carbocycles. The van der Waals surface area contributed by atoms with E-state index in [1.165, 1.54) is 11.1 Å². The van der Waals surface area contributed by atoms with E-state index in [0.717, 1.165) is 58.5 Å². The van der Waals surface area contributed by atoms with Gasteiger partial charge in [-0.15, -0.1) is 0 Å². The summed E-state index contributed by atoms with van der Waals surface area (Å²) in [7, 11) is 0. The Hall–Kier alpha value is -2.18. The monoisotopic (exact) mass is 396 g/mol. The number of nitrogens with one attached hydrogen (secondary N) is 1. The van der Waals surface area contributed by atoms with E-state index in [0.29, 0.717) is 18.0 Å². The highest BCUT2D eigenvalue weighted by molar-refractivity contribution is 5.93. The van der Waals surface area contributed by atoms with Crippen LogP contribution in [-0.4, -0.2) is 64.8 Å². The molecule has 2 saturated heterocycles. The van der Waals surface area contributed by atoms with E-state index < -0.39 is 0 Å². The summed E-state index contributed by atoms with van der Waals surface area (Å²) < 4.78 is 5.81. The second kappa shape index (κ2) is 9.55. The van der Waals surface area contributed by atoms with Crippen LogP contribution in [0.5, 0.6) is 0 Å².